The van der Waals surface area contributed by atoms with Crippen LogP contribution < -0.4 is 0 Å². The Kier molecular flexibility index (Phi) is 2.91. The summed E-state index contributed by atoms with van der Waals surface area (Å²) in [6, 6.07) is 0. The molecule has 0 saturated carbocycles. The Hall–Kier alpha value is 0.505. The van der Waals surface area contributed by atoms with Crippen LogP contribution in [-0.4, -0.2) is 9.21 Å². The van der Waals surface area contributed by atoms with Crippen molar-refractivity contribution in [2.24, 2.45) is 0 Å². The molecule has 0 radical (unpaired) electrons. The minimum atomic E-state index is -1.09. The van der Waals surface area contributed by atoms with Gasteiger partial charge < -0.3 is 0 Å². The molecule has 0 aliphatic carbocycles. The summed E-state index contributed by atoms with van der Waals surface area (Å²) in [5.74, 6) is 0. The van der Waals surface area contributed by atoms with Gasteiger partial charge in [0.1, 0.15) is 0 Å². The summed E-state index contributed by atoms with van der Waals surface area (Å²) in [7, 11) is 5.74. The number of halogens is 1. The minimum absolute atomic E-state index is 1.04. The molecule has 0 amide bonds. The molecule has 0 aromatic heterocycles. The Morgan fingerprint density at radius 1 is 1.50 bits per heavy atom. The molecule has 0 fully saturated rings. The molecule has 8 heavy (non-hydrogen) atoms. The van der Waals surface area contributed by atoms with Crippen molar-refractivity contribution < 1.29 is 23.6 Å². The predicted octanol–water partition coefficient (Wildman–Crippen LogP) is 1.52. The standard InChI is InChI=1S/C5H6N.ClH.Hg/c1-2-4-6-5-3-1;;/h1-4H,5H2;1H;/q-1;;+2/p-1. The van der Waals surface area contributed by atoms with Crippen LogP contribution in [0.2, 0.25) is 0 Å². The van der Waals surface area contributed by atoms with Gasteiger partial charge in [0.05, 0.1) is 0 Å². The summed E-state index contributed by atoms with van der Waals surface area (Å²) >= 11 is -1.09. The molecule has 0 N–H and O–H groups in total. The van der Waals surface area contributed by atoms with Crippen LogP contribution in [0.15, 0.2) is 24.4 Å². The molecule has 0 aromatic carbocycles. The number of rotatable bonds is 1. The molecule has 40 valence electrons. The van der Waals surface area contributed by atoms with Crippen LogP contribution in [0.5, 0.6) is 0 Å². The molecule has 0 unspecified atom stereocenters. The first-order chi connectivity index (χ1) is 3.93. The fourth-order valence-corrected chi connectivity index (χ4v) is 3.89. The molecular weight excluding hydrogens is 310 g/mol. The summed E-state index contributed by atoms with van der Waals surface area (Å²) in [6.45, 7) is 1.04. The van der Waals surface area contributed by atoms with Crippen molar-refractivity contribution in [3.8, 4) is 0 Å². The average Bonchev–Trinajstić information content (AvgIpc) is 1.90. The fraction of sp³-hybridized carbons (Fsp3) is 0.200. The monoisotopic (exact) mass is 317 g/mol. The van der Waals surface area contributed by atoms with Gasteiger partial charge in [-0.2, -0.15) is 0 Å². The quantitative estimate of drug-likeness (QED) is 0.663. The van der Waals surface area contributed by atoms with Gasteiger partial charge in [0, 0.05) is 0 Å². The Morgan fingerprint density at radius 3 is 2.75 bits per heavy atom. The van der Waals surface area contributed by atoms with Gasteiger partial charge in [-0.25, -0.2) is 0 Å². The number of hydrogen-bond acceptors (Lipinski definition) is 1. The second-order valence-corrected chi connectivity index (χ2v) is 7.85. The Labute approximate surface area is 65.3 Å². The van der Waals surface area contributed by atoms with Crippen LogP contribution in [-0.2, 0) is 23.6 Å². The maximum atomic E-state index is 5.74. The number of hydrogen-bond donors (Lipinski definition) is 0. The SMILES string of the molecule is [Cl][Hg][N]1C=CC=CC1. The maximum absolute atomic E-state index is 5.74. The third-order valence-electron chi connectivity index (χ3n) is 1.04. The summed E-state index contributed by atoms with van der Waals surface area (Å²) < 4.78 is 2.24. The number of allylic oxidation sites excluding steroid dienone is 2. The summed E-state index contributed by atoms with van der Waals surface area (Å²) in [4.78, 5) is 0. The number of nitrogens with zero attached hydrogens (tertiary/aromatic N) is 1. The van der Waals surface area contributed by atoms with Crippen molar-refractivity contribution in [2.75, 3.05) is 6.54 Å². The van der Waals surface area contributed by atoms with E-state index in [1.54, 1.807) is 0 Å². The van der Waals surface area contributed by atoms with Crippen molar-refractivity contribution in [3.63, 3.8) is 0 Å². The van der Waals surface area contributed by atoms with Crippen LogP contribution in [0.3, 0.4) is 0 Å². The third-order valence-corrected chi connectivity index (χ3v) is 6.75. The van der Waals surface area contributed by atoms with Crippen LogP contribution in [0, 0.1) is 0 Å². The molecule has 0 bridgehead atoms. The van der Waals surface area contributed by atoms with Gasteiger partial charge in [0.2, 0.25) is 0 Å². The molecule has 1 aliphatic heterocycles. The molecule has 1 rings (SSSR count). The van der Waals surface area contributed by atoms with Gasteiger partial charge in [-0.15, -0.1) is 0 Å². The molecule has 0 spiro atoms. The zero-order chi connectivity index (χ0) is 5.82. The summed E-state index contributed by atoms with van der Waals surface area (Å²) in [5.41, 5.74) is 0. The van der Waals surface area contributed by atoms with Crippen molar-refractivity contribution in [2.45, 2.75) is 0 Å². The van der Waals surface area contributed by atoms with E-state index in [0.717, 1.165) is 6.54 Å². The van der Waals surface area contributed by atoms with E-state index in [1.165, 1.54) is 0 Å². The van der Waals surface area contributed by atoms with Gasteiger partial charge in [0.25, 0.3) is 0 Å². The molecule has 0 aromatic rings. The topological polar surface area (TPSA) is 3.24 Å². The molecule has 0 saturated heterocycles. The van der Waals surface area contributed by atoms with Crippen LogP contribution in [0.1, 0.15) is 0 Å². The van der Waals surface area contributed by atoms with Gasteiger partial charge in [-0.05, 0) is 0 Å². The molecule has 1 nitrogen and oxygen atoms in total. The van der Waals surface area contributed by atoms with Crippen LogP contribution >= 0.6 is 8.25 Å². The molecule has 1 heterocycles. The van der Waals surface area contributed by atoms with E-state index >= 15 is 0 Å². The normalized spacial score (nSPS) is 16.4. The first kappa shape index (κ1) is 6.62. The van der Waals surface area contributed by atoms with E-state index in [2.05, 4.69) is 21.0 Å². The van der Waals surface area contributed by atoms with E-state index < -0.39 is 23.6 Å². The zero-order valence-corrected chi connectivity index (χ0v) is 10.8. The van der Waals surface area contributed by atoms with E-state index in [4.69, 9.17) is 8.25 Å². The van der Waals surface area contributed by atoms with Gasteiger partial charge in [-0.3, -0.25) is 0 Å². The van der Waals surface area contributed by atoms with Gasteiger partial charge in [0.15, 0.2) is 0 Å². The summed E-state index contributed by atoms with van der Waals surface area (Å²) in [5, 5.41) is 0. The predicted molar refractivity (Wildman–Crippen MR) is 30.8 cm³/mol. The molecule has 3 heteroatoms. The third kappa shape index (κ3) is 1.79. The van der Waals surface area contributed by atoms with E-state index in [-0.39, 0.29) is 0 Å². The fourth-order valence-electron chi connectivity index (χ4n) is 0.596. The second-order valence-electron chi connectivity index (χ2n) is 1.66. The van der Waals surface area contributed by atoms with Crippen molar-refractivity contribution >= 4 is 8.25 Å². The zero-order valence-electron chi connectivity index (χ0n) is 4.55. The molecule has 0 atom stereocenters. The Bertz CT molecular complexity index is 122. The first-order valence-electron chi connectivity index (χ1n) is 2.57. The average molecular weight is 316 g/mol. The second kappa shape index (κ2) is 3.52. The van der Waals surface area contributed by atoms with Crippen molar-refractivity contribution in [1.82, 2.24) is 2.66 Å². The van der Waals surface area contributed by atoms with E-state index in [9.17, 15) is 0 Å². The van der Waals surface area contributed by atoms with Crippen molar-refractivity contribution in [1.29, 1.82) is 0 Å². The van der Waals surface area contributed by atoms with Gasteiger partial charge >= 0.3 is 65.5 Å². The molecular formula is C5H6ClHgN. The van der Waals surface area contributed by atoms with E-state index in [1.807, 2.05) is 6.08 Å². The van der Waals surface area contributed by atoms with Crippen LogP contribution in [0.25, 0.3) is 0 Å². The molecule has 1 aliphatic rings. The van der Waals surface area contributed by atoms with E-state index in [0.29, 0.717) is 0 Å². The first-order valence-corrected chi connectivity index (χ1v) is 11.8. The Balaban J connectivity index is 2.40. The van der Waals surface area contributed by atoms with Crippen molar-refractivity contribution in [3.05, 3.63) is 24.4 Å². The Morgan fingerprint density at radius 2 is 2.38 bits per heavy atom. The van der Waals surface area contributed by atoms with Crippen LogP contribution in [0.4, 0.5) is 0 Å². The van der Waals surface area contributed by atoms with Gasteiger partial charge in [-0.1, -0.05) is 0 Å². The summed E-state index contributed by atoms with van der Waals surface area (Å²) in [6.07, 6.45) is 8.29.